The zero-order chi connectivity index (χ0) is 17.9. The fourth-order valence-corrected chi connectivity index (χ4v) is 0. The molecular formula is C5H29Na19O15. The summed E-state index contributed by atoms with van der Waals surface area (Å²) < 4.78 is 0. The Bertz CT molecular complexity index is 240. The maximum atomic E-state index is 8.56. The third-order valence-electron chi connectivity index (χ3n) is 0. The SMILES string of the molecule is O=C(O)O.O=C(O)O.O=C(O)O.O=C(O)O.O=C(O)O.[NaH].[NaH].[NaH].[NaH].[NaH].[NaH].[NaH].[NaH].[NaH].[NaH].[NaH].[NaH].[NaH].[NaH].[NaH].[NaH].[NaH].[NaH].[NaH]. The van der Waals surface area contributed by atoms with E-state index in [9.17, 15) is 0 Å². The van der Waals surface area contributed by atoms with Crippen molar-refractivity contribution in [2.75, 3.05) is 0 Å². The first-order valence-corrected chi connectivity index (χ1v) is 3.26. The van der Waals surface area contributed by atoms with E-state index in [0.717, 1.165) is 0 Å². The average Bonchev–Trinajstić information content (AvgIpc) is 1.94. The van der Waals surface area contributed by atoms with E-state index in [0.29, 0.717) is 0 Å². The van der Waals surface area contributed by atoms with Crippen molar-refractivity contribution in [3.63, 3.8) is 0 Å². The first-order chi connectivity index (χ1) is 8.66. The molecule has 0 amide bonds. The van der Waals surface area contributed by atoms with Crippen LogP contribution in [0.5, 0.6) is 0 Å². The van der Waals surface area contributed by atoms with Crippen LogP contribution in [0.3, 0.4) is 0 Å². The molecule has 0 unspecified atom stereocenters. The van der Waals surface area contributed by atoms with Crippen LogP contribution in [0.25, 0.3) is 0 Å². The average molecular weight is 766 g/mol. The summed E-state index contributed by atoms with van der Waals surface area (Å²) in [6, 6.07) is 0. The first-order valence-electron chi connectivity index (χ1n) is 3.26. The summed E-state index contributed by atoms with van der Waals surface area (Å²) >= 11 is 0. The molecule has 0 heterocycles. The summed E-state index contributed by atoms with van der Waals surface area (Å²) in [5, 5.41) is 69.7. The molecule has 158 valence electrons. The summed E-state index contributed by atoms with van der Waals surface area (Å²) in [6.45, 7) is 0. The first kappa shape index (κ1) is 168. The van der Waals surface area contributed by atoms with Crippen LogP contribution < -0.4 is 0 Å². The Morgan fingerprint density at radius 1 is 0.179 bits per heavy atom. The molecule has 0 saturated heterocycles. The second kappa shape index (κ2) is 159. The Morgan fingerprint density at radius 2 is 0.179 bits per heavy atom. The zero-order valence-corrected chi connectivity index (χ0v) is 9.01. The van der Waals surface area contributed by atoms with Gasteiger partial charge in [0.25, 0.3) is 0 Å². The molecule has 0 saturated carbocycles. The normalized spacial score (nSPS) is 3.08. The quantitative estimate of drug-likeness (QED) is 0.103. The Kier molecular flexibility index (Phi) is 683. The summed E-state index contributed by atoms with van der Waals surface area (Å²) in [6.07, 6.45) is -9.17. The van der Waals surface area contributed by atoms with Crippen molar-refractivity contribution in [3.05, 3.63) is 0 Å². The molecule has 0 aliphatic heterocycles. The molecule has 34 heteroatoms. The van der Waals surface area contributed by atoms with Gasteiger partial charge in [0, 0.05) is 0 Å². The molecule has 0 aromatic heterocycles. The van der Waals surface area contributed by atoms with Crippen LogP contribution in [0.1, 0.15) is 0 Å². The molecule has 0 rings (SSSR count). The van der Waals surface area contributed by atoms with Crippen molar-refractivity contribution >= 4 is 592 Å². The molecule has 0 aliphatic rings. The molecule has 0 aromatic rings. The van der Waals surface area contributed by atoms with Crippen LogP contribution in [0.4, 0.5) is 24.0 Å². The van der Waals surface area contributed by atoms with Crippen molar-refractivity contribution < 1.29 is 75.0 Å². The van der Waals surface area contributed by atoms with Crippen LogP contribution in [0.2, 0.25) is 0 Å². The Morgan fingerprint density at radius 3 is 0.179 bits per heavy atom. The molecule has 0 radical (unpaired) electrons. The van der Waals surface area contributed by atoms with E-state index >= 15 is 0 Å². The molecule has 10 N–H and O–H groups in total. The van der Waals surface area contributed by atoms with Gasteiger partial charge in [0.15, 0.2) is 0 Å². The minimum atomic E-state index is -1.83. The molecule has 15 nitrogen and oxygen atoms in total. The van der Waals surface area contributed by atoms with Gasteiger partial charge in [-0.1, -0.05) is 0 Å². The van der Waals surface area contributed by atoms with Crippen molar-refractivity contribution in [3.8, 4) is 0 Å². The molecule has 0 atom stereocenters. The minimum absolute atomic E-state index is 0. The molecule has 0 bridgehead atoms. The summed E-state index contributed by atoms with van der Waals surface area (Å²) in [4.78, 5) is 42.8. The van der Waals surface area contributed by atoms with Gasteiger partial charge < -0.3 is 51.1 Å². The standard InChI is InChI=1S/5CH2O3.19Na.19H/c5*2-1(3)4;;;;;;;;;;;;;;;;;;;;;;;;;;;;;;;;;;;;;;/h5*(H2,2,3,4);;;;;;;;;;;;;;;;;;;;;;;;;;;;;;;;;;;;;;. The third kappa shape index (κ3) is 597. The van der Waals surface area contributed by atoms with Crippen LogP contribution >= 0.6 is 0 Å². The van der Waals surface area contributed by atoms with E-state index < -0.39 is 30.8 Å². The maximum absolute atomic E-state index is 8.56. The topological polar surface area (TPSA) is 288 Å². The molecule has 0 fully saturated rings. The predicted octanol–water partition coefficient (Wildman–Crippen LogP) is -11.2. The van der Waals surface area contributed by atoms with Gasteiger partial charge in [0.2, 0.25) is 0 Å². The molecule has 0 aliphatic carbocycles. The summed E-state index contributed by atoms with van der Waals surface area (Å²) in [5.41, 5.74) is 0. The van der Waals surface area contributed by atoms with Crippen LogP contribution in [0, 0.1) is 0 Å². The number of rotatable bonds is 0. The zero-order valence-electron chi connectivity index (χ0n) is 9.01. The van der Waals surface area contributed by atoms with E-state index in [1.807, 2.05) is 0 Å². The van der Waals surface area contributed by atoms with Gasteiger partial charge in [-0.05, 0) is 0 Å². The second-order valence-electron chi connectivity index (χ2n) is 1.41. The number of carbonyl (C=O) groups is 5. The fourth-order valence-electron chi connectivity index (χ4n) is 0. The van der Waals surface area contributed by atoms with Crippen molar-refractivity contribution in [2.45, 2.75) is 0 Å². The number of carboxylic acid groups (broad SMARTS) is 10. The third-order valence-corrected chi connectivity index (χ3v) is 0. The Balaban J connectivity index is -0.00000000292. The fraction of sp³-hybridized carbons (Fsp3) is 0. The van der Waals surface area contributed by atoms with E-state index in [1.165, 1.54) is 0 Å². The van der Waals surface area contributed by atoms with Gasteiger partial charge in [-0.3, -0.25) is 0 Å². The second-order valence-corrected chi connectivity index (χ2v) is 1.41. The Labute approximate surface area is 647 Å². The van der Waals surface area contributed by atoms with Crippen LogP contribution in [0.15, 0.2) is 0 Å². The van der Waals surface area contributed by atoms with E-state index in [-0.39, 0.29) is 562 Å². The van der Waals surface area contributed by atoms with Gasteiger partial charge in [0.1, 0.15) is 0 Å². The summed E-state index contributed by atoms with van der Waals surface area (Å²) in [7, 11) is 0. The molecule has 0 aromatic carbocycles. The van der Waals surface area contributed by atoms with Crippen LogP contribution in [-0.2, 0) is 0 Å². The number of hydrogen-bond donors (Lipinski definition) is 10. The van der Waals surface area contributed by atoms with E-state index in [1.54, 1.807) is 0 Å². The molecule has 0 spiro atoms. The predicted molar refractivity (Wildman–Crippen MR) is 189 cm³/mol. The van der Waals surface area contributed by atoms with Crippen molar-refractivity contribution in [1.82, 2.24) is 0 Å². The Hall–Kier alpha value is 15.3. The molecular weight excluding hydrogens is 737 g/mol. The van der Waals surface area contributed by atoms with Gasteiger partial charge in [-0.2, -0.15) is 0 Å². The van der Waals surface area contributed by atoms with Gasteiger partial charge in [-0.15, -0.1) is 0 Å². The monoisotopic (exact) mass is 766 g/mol. The van der Waals surface area contributed by atoms with Gasteiger partial charge in [-0.25, -0.2) is 24.0 Å². The number of hydrogen-bond acceptors (Lipinski definition) is 5. The van der Waals surface area contributed by atoms with Crippen LogP contribution in [-0.4, -0.2) is 643 Å². The van der Waals surface area contributed by atoms with E-state index in [4.69, 9.17) is 75.0 Å². The van der Waals surface area contributed by atoms with Gasteiger partial charge >= 0.3 is 592 Å². The van der Waals surface area contributed by atoms with Crippen molar-refractivity contribution in [1.29, 1.82) is 0 Å². The van der Waals surface area contributed by atoms with Crippen molar-refractivity contribution in [2.24, 2.45) is 0 Å². The molecule has 39 heavy (non-hydrogen) atoms. The summed E-state index contributed by atoms with van der Waals surface area (Å²) in [5.74, 6) is 0. The van der Waals surface area contributed by atoms with E-state index in [2.05, 4.69) is 0 Å². The van der Waals surface area contributed by atoms with Gasteiger partial charge in [0.05, 0.1) is 0 Å².